The molecule has 34 heavy (non-hydrogen) atoms. The number of rotatable bonds is 5. The first-order valence-electron chi connectivity index (χ1n) is 10.9. The molecule has 0 aliphatic carbocycles. The standard InChI is InChI=1S/C25H24F2N4O3/c1-15-16(2)24(33)29-28-22(15)12-18-5-8-21(27)20(11-18)25(34)31-10-9-30(23(32)14-31)13-17-3-6-19(26)7-4-17/h3-8,11H,9-10,12-14H2,1-2H3,(H,29,33). The van der Waals surface area contributed by atoms with Crippen molar-refractivity contribution in [1.82, 2.24) is 20.0 Å². The van der Waals surface area contributed by atoms with Crippen LogP contribution in [-0.2, 0) is 17.8 Å². The Kier molecular flexibility index (Phi) is 6.54. The van der Waals surface area contributed by atoms with E-state index in [2.05, 4.69) is 10.2 Å². The summed E-state index contributed by atoms with van der Waals surface area (Å²) in [5.41, 5.74) is 2.99. The van der Waals surface area contributed by atoms with Crippen LogP contribution in [0.1, 0.15) is 38.3 Å². The zero-order valence-electron chi connectivity index (χ0n) is 18.9. The van der Waals surface area contributed by atoms with Crippen molar-refractivity contribution < 1.29 is 18.4 Å². The number of aromatic nitrogens is 2. The number of nitrogens with one attached hydrogen (secondary N) is 1. The van der Waals surface area contributed by atoms with Crippen molar-refractivity contribution in [2.45, 2.75) is 26.8 Å². The molecule has 3 aromatic rings. The Bertz CT molecular complexity index is 1300. The second kappa shape index (κ2) is 9.54. The summed E-state index contributed by atoms with van der Waals surface area (Å²) in [4.78, 5) is 40.3. The second-order valence-electron chi connectivity index (χ2n) is 8.41. The van der Waals surface area contributed by atoms with Crippen molar-refractivity contribution >= 4 is 11.8 Å². The summed E-state index contributed by atoms with van der Waals surface area (Å²) in [6, 6.07) is 10.2. The van der Waals surface area contributed by atoms with Gasteiger partial charge in [0.05, 0.1) is 11.3 Å². The van der Waals surface area contributed by atoms with Gasteiger partial charge in [0, 0.05) is 31.6 Å². The van der Waals surface area contributed by atoms with Crippen molar-refractivity contribution in [3.63, 3.8) is 0 Å². The number of nitrogens with zero attached hydrogens (tertiary/aromatic N) is 3. The number of carbonyl (C=O) groups is 2. The maximum absolute atomic E-state index is 14.6. The van der Waals surface area contributed by atoms with Crippen LogP contribution in [0.25, 0.3) is 0 Å². The summed E-state index contributed by atoms with van der Waals surface area (Å²) in [5.74, 6) is -1.84. The Hall–Kier alpha value is -3.88. The molecule has 1 fully saturated rings. The summed E-state index contributed by atoms with van der Waals surface area (Å²) in [5, 5.41) is 6.52. The van der Waals surface area contributed by atoms with Gasteiger partial charge in [0.1, 0.15) is 18.2 Å². The fourth-order valence-corrected chi connectivity index (χ4v) is 3.91. The number of carbonyl (C=O) groups excluding carboxylic acids is 2. The molecule has 1 aromatic heterocycles. The highest BCUT2D eigenvalue weighted by Crippen LogP contribution is 2.19. The fraction of sp³-hybridized carbons (Fsp3) is 0.280. The predicted molar refractivity (Wildman–Crippen MR) is 121 cm³/mol. The fourth-order valence-electron chi connectivity index (χ4n) is 3.91. The first kappa shape index (κ1) is 23.3. The number of H-pyrrole nitrogens is 1. The SMILES string of the molecule is Cc1c(Cc2ccc(F)c(C(=O)N3CCN(Cc4ccc(F)cc4)C(=O)C3)c2)n[nH]c(=O)c1C. The van der Waals surface area contributed by atoms with Gasteiger partial charge in [-0.3, -0.25) is 14.4 Å². The lowest BCUT2D eigenvalue weighted by Crippen LogP contribution is -2.51. The van der Waals surface area contributed by atoms with Crippen LogP contribution in [0.4, 0.5) is 8.78 Å². The maximum atomic E-state index is 14.6. The first-order valence-corrected chi connectivity index (χ1v) is 10.9. The van der Waals surface area contributed by atoms with Gasteiger partial charge in [-0.1, -0.05) is 18.2 Å². The number of piperazine rings is 1. The van der Waals surface area contributed by atoms with E-state index in [0.717, 1.165) is 11.1 Å². The Morgan fingerprint density at radius 2 is 1.71 bits per heavy atom. The smallest absolute Gasteiger partial charge is 0.267 e. The second-order valence-corrected chi connectivity index (χ2v) is 8.41. The minimum absolute atomic E-state index is 0.115. The van der Waals surface area contributed by atoms with Gasteiger partial charge in [-0.05, 0) is 54.8 Å². The third-order valence-corrected chi connectivity index (χ3v) is 6.15. The van der Waals surface area contributed by atoms with Gasteiger partial charge >= 0.3 is 0 Å². The number of aromatic amines is 1. The summed E-state index contributed by atoms with van der Waals surface area (Å²) in [7, 11) is 0. The summed E-state index contributed by atoms with van der Waals surface area (Å²) in [6.07, 6.45) is 0.314. The van der Waals surface area contributed by atoms with Crippen LogP contribution in [-0.4, -0.2) is 51.4 Å². The normalized spacial score (nSPS) is 13.9. The van der Waals surface area contributed by atoms with E-state index < -0.39 is 11.7 Å². The molecule has 1 aliphatic rings. The molecule has 0 saturated carbocycles. The molecule has 2 amide bonds. The van der Waals surface area contributed by atoms with Gasteiger partial charge in [-0.2, -0.15) is 5.10 Å². The molecule has 4 rings (SSSR count). The molecule has 0 atom stereocenters. The van der Waals surface area contributed by atoms with E-state index in [9.17, 15) is 23.2 Å². The molecule has 0 unspecified atom stereocenters. The molecule has 1 saturated heterocycles. The van der Waals surface area contributed by atoms with Gasteiger partial charge in [0.25, 0.3) is 11.5 Å². The van der Waals surface area contributed by atoms with E-state index in [1.165, 1.54) is 29.2 Å². The highest BCUT2D eigenvalue weighted by Gasteiger charge is 2.29. The lowest BCUT2D eigenvalue weighted by molar-refractivity contribution is -0.135. The lowest BCUT2D eigenvalue weighted by atomic mass is 10.0. The molecule has 0 spiro atoms. The van der Waals surface area contributed by atoms with Crippen molar-refractivity contribution in [2.75, 3.05) is 19.6 Å². The van der Waals surface area contributed by atoms with Crippen LogP contribution in [0, 0.1) is 25.5 Å². The molecule has 0 radical (unpaired) electrons. The Morgan fingerprint density at radius 3 is 2.41 bits per heavy atom. The van der Waals surface area contributed by atoms with E-state index in [1.54, 1.807) is 36.9 Å². The number of amides is 2. The quantitative estimate of drug-likeness (QED) is 0.627. The van der Waals surface area contributed by atoms with Gasteiger partial charge in [0.15, 0.2) is 0 Å². The van der Waals surface area contributed by atoms with E-state index in [1.807, 2.05) is 0 Å². The molecule has 2 aromatic carbocycles. The van der Waals surface area contributed by atoms with Gasteiger partial charge in [-0.25, -0.2) is 13.9 Å². The third kappa shape index (κ3) is 4.88. The zero-order chi connectivity index (χ0) is 24.4. The summed E-state index contributed by atoms with van der Waals surface area (Å²) in [6.45, 7) is 4.20. The van der Waals surface area contributed by atoms with E-state index in [0.29, 0.717) is 36.3 Å². The largest absolute Gasteiger partial charge is 0.335 e. The van der Waals surface area contributed by atoms with Gasteiger partial charge in [0.2, 0.25) is 5.91 Å². The maximum Gasteiger partial charge on any atom is 0.267 e. The molecule has 2 heterocycles. The van der Waals surface area contributed by atoms with E-state index >= 15 is 0 Å². The molecular formula is C25H24F2N4O3. The molecule has 1 aliphatic heterocycles. The molecule has 9 heteroatoms. The van der Waals surface area contributed by atoms with Gasteiger partial charge in [-0.15, -0.1) is 0 Å². The Labute approximate surface area is 195 Å². The van der Waals surface area contributed by atoms with Gasteiger partial charge < -0.3 is 9.80 Å². The highest BCUT2D eigenvalue weighted by molar-refractivity contribution is 5.97. The number of benzene rings is 2. The first-order chi connectivity index (χ1) is 16.2. The van der Waals surface area contributed by atoms with Crippen LogP contribution in [0.5, 0.6) is 0 Å². The Balaban J connectivity index is 1.47. The molecule has 0 bridgehead atoms. The van der Waals surface area contributed by atoms with Crippen molar-refractivity contribution in [2.24, 2.45) is 0 Å². The van der Waals surface area contributed by atoms with Crippen molar-refractivity contribution in [3.05, 3.63) is 98.0 Å². The zero-order valence-corrected chi connectivity index (χ0v) is 18.9. The number of halogens is 2. The molecule has 1 N–H and O–H groups in total. The van der Waals surface area contributed by atoms with E-state index in [-0.39, 0.29) is 35.9 Å². The molecule has 176 valence electrons. The molecule has 7 nitrogen and oxygen atoms in total. The van der Waals surface area contributed by atoms with E-state index in [4.69, 9.17) is 0 Å². The van der Waals surface area contributed by atoms with Crippen LogP contribution in [0.3, 0.4) is 0 Å². The Morgan fingerprint density at radius 1 is 1.00 bits per heavy atom. The monoisotopic (exact) mass is 466 g/mol. The predicted octanol–water partition coefficient (Wildman–Crippen LogP) is 2.74. The van der Waals surface area contributed by atoms with Crippen LogP contribution >= 0.6 is 0 Å². The lowest BCUT2D eigenvalue weighted by Gasteiger charge is -2.34. The van der Waals surface area contributed by atoms with Crippen LogP contribution in [0.2, 0.25) is 0 Å². The van der Waals surface area contributed by atoms with Crippen LogP contribution < -0.4 is 5.56 Å². The minimum atomic E-state index is -0.669. The highest BCUT2D eigenvalue weighted by atomic mass is 19.1. The van der Waals surface area contributed by atoms with Crippen LogP contribution in [0.15, 0.2) is 47.3 Å². The third-order valence-electron chi connectivity index (χ3n) is 6.15. The average Bonchev–Trinajstić information content (AvgIpc) is 2.83. The van der Waals surface area contributed by atoms with Crippen molar-refractivity contribution in [3.8, 4) is 0 Å². The van der Waals surface area contributed by atoms with Crippen molar-refractivity contribution in [1.29, 1.82) is 0 Å². The summed E-state index contributed by atoms with van der Waals surface area (Å²) >= 11 is 0. The number of hydrogen-bond acceptors (Lipinski definition) is 4. The average molecular weight is 466 g/mol. The molecular weight excluding hydrogens is 442 g/mol. The number of hydrogen-bond donors (Lipinski definition) is 1. The summed E-state index contributed by atoms with van der Waals surface area (Å²) < 4.78 is 27.7. The topological polar surface area (TPSA) is 86.4 Å². The minimum Gasteiger partial charge on any atom is -0.335 e.